The molecule has 2 saturated carbocycles. The van der Waals surface area contributed by atoms with Gasteiger partial charge in [0.05, 0.1) is 0 Å². The molecule has 2 aliphatic carbocycles. The largest absolute Gasteiger partial charge is 0.320 e. The Hall–Kier alpha value is -0.870. The molecule has 4 heteroatoms. The molecule has 3 aliphatic rings. The van der Waals surface area contributed by atoms with Crippen LogP contribution in [0.5, 0.6) is 0 Å². The standard InChI is InChI=1S/C13H16N2OS/c16-12-13(5-6-13)14-11(10-2-1-7-17-10)15(12)8-9-3-4-9/h1-2,7,9,11,14H,3-6,8H2. The number of nitrogens with zero attached hydrogens (tertiary/aromatic N) is 1. The highest BCUT2D eigenvalue weighted by molar-refractivity contribution is 7.10. The SMILES string of the molecule is O=C1N(CC2CC2)C(c2cccs2)NC12CC2. The second-order valence-electron chi connectivity index (χ2n) is 5.55. The average Bonchev–Trinajstić information content (AvgIpc) is 3.22. The maximum absolute atomic E-state index is 12.4. The minimum atomic E-state index is -0.177. The van der Waals surface area contributed by atoms with Gasteiger partial charge in [-0.05, 0) is 43.0 Å². The summed E-state index contributed by atoms with van der Waals surface area (Å²) < 4.78 is 0. The number of rotatable bonds is 3. The molecule has 1 spiro atoms. The van der Waals surface area contributed by atoms with Crippen molar-refractivity contribution in [2.45, 2.75) is 37.4 Å². The van der Waals surface area contributed by atoms with Crippen LogP contribution in [-0.4, -0.2) is 22.9 Å². The fourth-order valence-corrected chi connectivity index (χ4v) is 3.50. The molecule has 0 bridgehead atoms. The molecular formula is C13H16N2OS. The second kappa shape index (κ2) is 3.33. The number of carbonyl (C=O) groups excluding carboxylic acids is 1. The van der Waals surface area contributed by atoms with E-state index in [0.29, 0.717) is 5.91 Å². The molecule has 3 nitrogen and oxygen atoms in total. The van der Waals surface area contributed by atoms with E-state index in [2.05, 4.69) is 27.7 Å². The summed E-state index contributed by atoms with van der Waals surface area (Å²) in [5.41, 5.74) is -0.177. The Bertz CT molecular complexity index is 448. The van der Waals surface area contributed by atoms with Gasteiger partial charge in [-0.3, -0.25) is 10.1 Å². The topological polar surface area (TPSA) is 32.3 Å². The van der Waals surface area contributed by atoms with E-state index in [1.54, 1.807) is 11.3 Å². The number of thiophene rings is 1. The van der Waals surface area contributed by atoms with Crippen LogP contribution >= 0.6 is 11.3 Å². The predicted molar refractivity (Wildman–Crippen MR) is 66.6 cm³/mol. The first kappa shape index (κ1) is 10.1. The highest BCUT2D eigenvalue weighted by Gasteiger charge is 2.59. The smallest absolute Gasteiger partial charge is 0.244 e. The lowest BCUT2D eigenvalue weighted by Crippen LogP contribution is -2.33. The van der Waals surface area contributed by atoms with Crippen molar-refractivity contribution in [1.29, 1.82) is 0 Å². The zero-order valence-corrected chi connectivity index (χ0v) is 10.5. The van der Waals surface area contributed by atoms with Crippen LogP contribution in [0.3, 0.4) is 0 Å². The number of nitrogens with one attached hydrogen (secondary N) is 1. The van der Waals surface area contributed by atoms with Crippen molar-refractivity contribution in [3.05, 3.63) is 22.4 Å². The first-order chi connectivity index (χ1) is 8.28. The molecule has 1 aromatic rings. The first-order valence-corrected chi connectivity index (χ1v) is 7.29. The van der Waals surface area contributed by atoms with Gasteiger partial charge in [-0.15, -0.1) is 11.3 Å². The summed E-state index contributed by atoms with van der Waals surface area (Å²) in [6, 6.07) is 4.20. The zero-order chi connectivity index (χ0) is 11.5. The molecule has 3 fully saturated rings. The van der Waals surface area contributed by atoms with Gasteiger partial charge in [0.2, 0.25) is 5.91 Å². The van der Waals surface area contributed by atoms with Gasteiger partial charge in [-0.1, -0.05) is 6.07 Å². The Balaban J connectivity index is 1.64. The minimum Gasteiger partial charge on any atom is -0.320 e. The summed E-state index contributed by atoms with van der Waals surface area (Å²) in [5.74, 6) is 1.11. The lowest BCUT2D eigenvalue weighted by Gasteiger charge is -2.23. The maximum Gasteiger partial charge on any atom is 0.244 e. The summed E-state index contributed by atoms with van der Waals surface area (Å²) in [5, 5.41) is 5.66. The highest BCUT2D eigenvalue weighted by atomic mass is 32.1. The van der Waals surface area contributed by atoms with Crippen LogP contribution < -0.4 is 5.32 Å². The lowest BCUT2D eigenvalue weighted by atomic mass is 10.2. The van der Waals surface area contributed by atoms with E-state index < -0.39 is 0 Å². The van der Waals surface area contributed by atoms with E-state index in [-0.39, 0.29) is 11.7 Å². The molecule has 1 aliphatic heterocycles. The molecule has 1 aromatic heterocycles. The summed E-state index contributed by atoms with van der Waals surface area (Å²) >= 11 is 1.75. The van der Waals surface area contributed by atoms with Crippen LogP contribution in [0.25, 0.3) is 0 Å². The van der Waals surface area contributed by atoms with Gasteiger partial charge in [-0.2, -0.15) is 0 Å². The fourth-order valence-electron chi connectivity index (χ4n) is 2.72. The molecule has 0 radical (unpaired) electrons. The molecular weight excluding hydrogens is 232 g/mol. The summed E-state index contributed by atoms with van der Waals surface area (Å²) in [4.78, 5) is 15.8. The normalized spacial score (nSPS) is 30.2. The Kier molecular flexibility index (Phi) is 1.97. The molecule has 0 aromatic carbocycles. The monoisotopic (exact) mass is 248 g/mol. The number of hydrogen-bond donors (Lipinski definition) is 1. The van der Waals surface area contributed by atoms with E-state index >= 15 is 0 Å². The summed E-state index contributed by atoms with van der Waals surface area (Å²) in [6.45, 7) is 0.955. The third-order valence-electron chi connectivity index (χ3n) is 4.11. The van der Waals surface area contributed by atoms with Crippen molar-refractivity contribution in [1.82, 2.24) is 10.2 Å². The molecule has 1 atom stereocenters. The van der Waals surface area contributed by atoms with Gasteiger partial charge < -0.3 is 4.90 Å². The quantitative estimate of drug-likeness (QED) is 0.888. The number of carbonyl (C=O) groups is 1. The molecule has 2 heterocycles. The van der Waals surface area contributed by atoms with Crippen LogP contribution in [0.1, 0.15) is 36.7 Å². The molecule has 4 rings (SSSR count). The van der Waals surface area contributed by atoms with E-state index in [1.807, 2.05) is 0 Å². The van der Waals surface area contributed by atoms with Crippen molar-refractivity contribution >= 4 is 17.2 Å². The summed E-state index contributed by atoms with van der Waals surface area (Å²) in [7, 11) is 0. The molecule has 1 saturated heterocycles. The van der Waals surface area contributed by atoms with Crippen molar-refractivity contribution in [3.63, 3.8) is 0 Å². The molecule has 1 unspecified atom stereocenters. The molecule has 17 heavy (non-hydrogen) atoms. The van der Waals surface area contributed by atoms with Crippen LogP contribution in [0.4, 0.5) is 0 Å². The molecule has 1 N–H and O–H groups in total. The van der Waals surface area contributed by atoms with E-state index in [0.717, 1.165) is 25.3 Å². The van der Waals surface area contributed by atoms with Gasteiger partial charge in [0.25, 0.3) is 0 Å². The second-order valence-corrected chi connectivity index (χ2v) is 6.52. The Morgan fingerprint density at radius 1 is 1.47 bits per heavy atom. The van der Waals surface area contributed by atoms with Crippen LogP contribution in [0, 0.1) is 5.92 Å². The van der Waals surface area contributed by atoms with Gasteiger partial charge in [0, 0.05) is 11.4 Å². The minimum absolute atomic E-state index is 0.144. The van der Waals surface area contributed by atoms with Crippen molar-refractivity contribution in [3.8, 4) is 0 Å². The number of hydrogen-bond acceptors (Lipinski definition) is 3. The van der Waals surface area contributed by atoms with Crippen molar-refractivity contribution < 1.29 is 4.79 Å². The lowest BCUT2D eigenvalue weighted by molar-refractivity contribution is -0.131. The Morgan fingerprint density at radius 2 is 2.29 bits per heavy atom. The molecule has 1 amide bonds. The first-order valence-electron chi connectivity index (χ1n) is 6.41. The van der Waals surface area contributed by atoms with Crippen LogP contribution in [0.2, 0.25) is 0 Å². The van der Waals surface area contributed by atoms with Crippen molar-refractivity contribution in [2.24, 2.45) is 5.92 Å². The van der Waals surface area contributed by atoms with Crippen molar-refractivity contribution in [2.75, 3.05) is 6.54 Å². The van der Waals surface area contributed by atoms with Gasteiger partial charge in [0.15, 0.2) is 0 Å². The fraction of sp³-hybridized carbons (Fsp3) is 0.615. The summed E-state index contributed by atoms with van der Waals surface area (Å²) in [6.07, 6.45) is 4.79. The highest BCUT2D eigenvalue weighted by Crippen LogP contribution is 2.47. The van der Waals surface area contributed by atoms with E-state index in [4.69, 9.17) is 0 Å². The third kappa shape index (κ3) is 1.54. The maximum atomic E-state index is 12.4. The third-order valence-corrected chi connectivity index (χ3v) is 5.03. The van der Waals surface area contributed by atoms with Gasteiger partial charge in [-0.25, -0.2) is 0 Å². The Morgan fingerprint density at radius 3 is 2.88 bits per heavy atom. The average molecular weight is 248 g/mol. The van der Waals surface area contributed by atoms with Gasteiger partial charge in [0.1, 0.15) is 11.7 Å². The molecule has 90 valence electrons. The zero-order valence-electron chi connectivity index (χ0n) is 9.69. The van der Waals surface area contributed by atoms with E-state index in [1.165, 1.54) is 17.7 Å². The van der Waals surface area contributed by atoms with Gasteiger partial charge >= 0.3 is 0 Å². The van der Waals surface area contributed by atoms with E-state index in [9.17, 15) is 4.79 Å². The van der Waals surface area contributed by atoms with Crippen LogP contribution in [0.15, 0.2) is 17.5 Å². The number of amides is 1. The van der Waals surface area contributed by atoms with Crippen LogP contribution in [-0.2, 0) is 4.79 Å². The predicted octanol–water partition coefficient (Wildman–Crippen LogP) is 2.12. The Labute approximate surface area is 105 Å².